The Bertz CT molecular complexity index is 319. The molecule has 1 heterocycles. The minimum atomic E-state index is 0.725. The van der Waals surface area contributed by atoms with Crippen molar-refractivity contribution in [3.63, 3.8) is 0 Å². The van der Waals surface area contributed by atoms with E-state index in [4.69, 9.17) is 5.73 Å². The molecule has 1 aromatic rings. The average molecular weight is 221 g/mol. The molecule has 0 aromatic carbocycles. The van der Waals surface area contributed by atoms with Crippen LogP contribution >= 0.6 is 0 Å². The van der Waals surface area contributed by atoms with Crippen LogP contribution in [0.1, 0.15) is 37.7 Å². The molecule has 1 fully saturated rings. The van der Waals surface area contributed by atoms with E-state index in [1.165, 1.54) is 37.7 Å². The summed E-state index contributed by atoms with van der Waals surface area (Å²) in [4.78, 5) is 0. The fraction of sp³-hybridized carbons (Fsp3) is 0.769. The van der Waals surface area contributed by atoms with Crippen molar-refractivity contribution < 1.29 is 0 Å². The molecule has 0 bridgehead atoms. The second-order valence-corrected chi connectivity index (χ2v) is 5.12. The number of nitrogens with two attached hydrogens (primary N) is 1. The molecule has 1 saturated carbocycles. The van der Waals surface area contributed by atoms with Gasteiger partial charge in [-0.2, -0.15) is 5.10 Å². The lowest BCUT2D eigenvalue weighted by atomic mass is 9.84. The van der Waals surface area contributed by atoms with Crippen LogP contribution in [0.2, 0.25) is 0 Å². The first-order valence-corrected chi connectivity index (χ1v) is 6.47. The maximum Gasteiger partial charge on any atom is 0.0521 e. The molecule has 90 valence electrons. The molecule has 3 heteroatoms. The van der Waals surface area contributed by atoms with Gasteiger partial charge in [0, 0.05) is 13.2 Å². The highest BCUT2D eigenvalue weighted by atomic mass is 15.2. The molecule has 0 saturated heterocycles. The highest BCUT2D eigenvalue weighted by Crippen LogP contribution is 2.30. The molecule has 16 heavy (non-hydrogen) atoms. The van der Waals surface area contributed by atoms with Crippen LogP contribution in [0.3, 0.4) is 0 Å². The number of aryl methyl sites for hydroxylation is 1. The molecule has 3 nitrogen and oxygen atoms in total. The monoisotopic (exact) mass is 221 g/mol. The largest absolute Gasteiger partial charge is 0.330 e. The van der Waals surface area contributed by atoms with Gasteiger partial charge in [0.15, 0.2) is 0 Å². The van der Waals surface area contributed by atoms with Gasteiger partial charge in [0.05, 0.1) is 6.20 Å². The van der Waals surface area contributed by atoms with E-state index in [1.54, 1.807) is 0 Å². The molecule has 1 aliphatic rings. The average Bonchev–Trinajstić information content (AvgIpc) is 2.56. The molecule has 0 radical (unpaired) electrons. The highest BCUT2D eigenvalue weighted by Gasteiger charge is 2.22. The predicted octanol–water partition coefficient (Wildman–Crippen LogP) is 2.12. The van der Waals surface area contributed by atoms with Gasteiger partial charge in [-0.05, 0) is 43.2 Å². The molecule has 1 aromatic heterocycles. The standard InChI is InChI=1S/C13H23N3/c1-16-10-11(9-15-16)7-12-5-3-2-4-6-13(12)8-14/h9-10,12-13H,2-8,14H2,1H3. The Labute approximate surface area is 98.0 Å². The number of rotatable bonds is 3. The van der Waals surface area contributed by atoms with Crippen molar-refractivity contribution in [3.05, 3.63) is 18.0 Å². The zero-order valence-corrected chi connectivity index (χ0v) is 10.2. The molecular weight excluding hydrogens is 198 g/mol. The Morgan fingerprint density at radius 1 is 1.31 bits per heavy atom. The van der Waals surface area contributed by atoms with E-state index in [-0.39, 0.29) is 0 Å². The van der Waals surface area contributed by atoms with Crippen LogP contribution in [0.4, 0.5) is 0 Å². The van der Waals surface area contributed by atoms with Gasteiger partial charge in [0.2, 0.25) is 0 Å². The first-order chi connectivity index (χ1) is 7.79. The maximum absolute atomic E-state index is 5.90. The minimum absolute atomic E-state index is 0.725. The van der Waals surface area contributed by atoms with Gasteiger partial charge in [0.1, 0.15) is 0 Å². The molecule has 2 atom stereocenters. The molecule has 0 aliphatic heterocycles. The molecular formula is C13H23N3. The second kappa shape index (κ2) is 5.48. The lowest BCUT2D eigenvalue weighted by Crippen LogP contribution is -2.24. The lowest BCUT2D eigenvalue weighted by molar-refractivity contribution is 0.318. The van der Waals surface area contributed by atoms with E-state index < -0.39 is 0 Å². The molecule has 2 rings (SSSR count). The Kier molecular flexibility index (Phi) is 3.99. The highest BCUT2D eigenvalue weighted by molar-refractivity contribution is 5.05. The third kappa shape index (κ3) is 2.85. The number of nitrogens with zero attached hydrogens (tertiary/aromatic N) is 2. The van der Waals surface area contributed by atoms with Gasteiger partial charge >= 0.3 is 0 Å². The summed E-state index contributed by atoms with van der Waals surface area (Å²) in [6.07, 6.45) is 12.1. The summed E-state index contributed by atoms with van der Waals surface area (Å²) in [5.74, 6) is 1.50. The zero-order valence-electron chi connectivity index (χ0n) is 10.2. The van der Waals surface area contributed by atoms with Crippen molar-refractivity contribution in [2.45, 2.75) is 38.5 Å². The van der Waals surface area contributed by atoms with Crippen LogP contribution in [0.25, 0.3) is 0 Å². The summed E-state index contributed by atoms with van der Waals surface area (Å²) in [7, 11) is 1.98. The first-order valence-electron chi connectivity index (χ1n) is 6.47. The van der Waals surface area contributed by atoms with Crippen LogP contribution in [0.15, 0.2) is 12.4 Å². The smallest absolute Gasteiger partial charge is 0.0521 e. The van der Waals surface area contributed by atoms with Gasteiger partial charge in [-0.1, -0.05) is 19.3 Å². The fourth-order valence-electron chi connectivity index (χ4n) is 2.92. The Hall–Kier alpha value is -0.830. The summed E-state index contributed by atoms with van der Waals surface area (Å²) in [5.41, 5.74) is 7.27. The number of hydrogen-bond donors (Lipinski definition) is 1. The van der Waals surface area contributed by atoms with Crippen LogP contribution < -0.4 is 5.73 Å². The van der Waals surface area contributed by atoms with E-state index in [0.717, 1.165) is 24.8 Å². The number of hydrogen-bond acceptors (Lipinski definition) is 2. The van der Waals surface area contributed by atoms with E-state index in [9.17, 15) is 0 Å². The van der Waals surface area contributed by atoms with Crippen molar-refractivity contribution in [1.82, 2.24) is 9.78 Å². The third-order valence-corrected chi connectivity index (χ3v) is 3.88. The van der Waals surface area contributed by atoms with Crippen molar-refractivity contribution in [3.8, 4) is 0 Å². The third-order valence-electron chi connectivity index (χ3n) is 3.88. The summed E-state index contributed by atoms with van der Waals surface area (Å²) in [6, 6.07) is 0. The van der Waals surface area contributed by atoms with E-state index in [2.05, 4.69) is 11.3 Å². The molecule has 0 spiro atoms. The van der Waals surface area contributed by atoms with Gasteiger partial charge in [-0.3, -0.25) is 4.68 Å². The Balaban J connectivity index is 1.99. The molecule has 2 N–H and O–H groups in total. The van der Waals surface area contributed by atoms with Crippen molar-refractivity contribution in [2.24, 2.45) is 24.6 Å². The predicted molar refractivity (Wildman–Crippen MR) is 66.0 cm³/mol. The van der Waals surface area contributed by atoms with Crippen LogP contribution in [-0.2, 0) is 13.5 Å². The summed E-state index contributed by atoms with van der Waals surface area (Å²) in [6.45, 7) is 0.852. The number of aromatic nitrogens is 2. The topological polar surface area (TPSA) is 43.8 Å². The zero-order chi connectivity index (χ0) is 11.4. The second-order valence-electron chi connectivity index (χ2n) is 5.12. The van der Waals surface area contributed by atoms with Crippen molar-refractivity contribution in [2.75, 3.05) is 6.54 Å². The summed E-state index contributed by atoms with van der Waals surface area (Å²) >= 11 is 0. The van der Waals surface area contributed by atoms with Gasteiger partial charge in [-0.25, -0.2) is 0 Å². The van der Waals surface area contributed by atoms with Crippen LogP contribution in [-0.4, -0.2) is 16.3 Å². The Morgan fingerprint density at radius 2 is 2.06 bits per heavy atom. The lowest BCUT2D eigenvalue weighted by Gasteiger charge is -2.23. The first kappa shape index (κ1) is 11.6. The Morgan fingerprint density at radius 3 is 2.69 bits per heavy atom. The van der Waals surface area contributed by atoms with Crippen LogP contribution in [0, 0.1) is 11.8 Å². The van der Waals surface area contributed by atoms with Gasteiger partial charge in [-0.15, -0.1) is 0 Å². The normalized spacial score (nSPS) is 26.6. The summed E-state index contributed by atoms with van der Waals surface area (Å²) < 4.78 is 1.89. The van der Waals surface area contributed by atoms with Crippen LogP contribution in [0.5, 0.6) is 0 Å². The van der Waals surface area contributed by atoms with Crippen molar-refractivity contribution >= 4 is 0 Å². The van der Waals surface area contributed by atoms with E-state index >= 15 is 0 Å². The fourth-order valence-corrected chi connectivity index (χ4v) is 2.92. The van der Waals surface area contributed by atoms with Gasteiger partial charge in [0.25, 0.3) is 0 Å². The SMILES string of the molecule is Cn1cc(CC2CCCCCC2CN)cn1. The molecule has 2 unspecified atom stereocenters. The van der Waals surface area contributed by atoms with Crippen molar-refractivity contribution in [1.29, 1.82) is 0 Å². The quantitative estimate of drug-likeness (QED) is 0.795. The maximum atomic E-state index is 5.90. The molecule has 1 aliphatic carbocycles. The van der Waals surface area contributed by atoms with E-state index in [0.29, 0.717) is 0 Å². The van der Waals surface area contributed by atoms with Gasteiger partial charge < -0.3 is 5.73 Å². The minimum Gasteiger partial charge on any atom is -0.330 e. The summed E-state index contributed by atoms with van der Waals surface area (Å²) in [5, 5.41) is 4.24. The van der Waals surface area contributed by atoms with E-state index in [1.807, 2.05) is 17.9 Å². The molecule has 0 amide bonds.